The topological polar surface area (TPSA) is 57.5 Å². The highest BCUT2D eigenvalue weighted by Gasteiger charge is 2.19. The van der Waals surface area contributed by atoms with Gasteiger partial charge in [0.1, 0.15) is 5.82 Å². The molecule has 21 heavy (non-hydrogen) atoms. The van der Waals surface area contributed by atoms with Gasteiger partial charge >= 0.3 is 0 Å². The summed E-state index contributed by atoms with van der Waals surface area (Å²) >= 11 is 0. The molecule has 0 bridgehead atoms. The van der Waals surface area contributed by atoms with Crippen molar-refractivity contribution in [2.24, 2.45) is 0 Å². The van der Waals surface area contributed by atoms with E-state index in [4.69, 9.17) is 0 Å². The molecule has 114 valence electrons. The van der Waals surface area contributed by atoms with Gasteiger partial charge in [0.2, 0.25) is 0 Å². The fraction of sp³-hybridized carbons (Fsp3) is 0.600. The van der Waals surface area contributed by atoms with E-state index >= 15 is 0 Å². The molecule has 2 heterocycles. The summed E-state index contributed by atoms with van der Waals surface area (Å²) in [5.41, 5.74) is 0.873. The third kappa shape index (κ3) is 3.10. The van der Waals surface area contributed by atoms with Crippen molar-refractivity contribution < 1.29 is 0 Å². The van der Waals surface area contributed by atoms with Gasteiger partial charge in [-0.1, -0.05) is 12.8 Å². The number of likely N-dealkylation sites (N-methyl/N-ethyl adjacent to an activating group) is 1. The van der Waals surface area contributed by atoms with E-state index in [2.05, 4.69) is 32.5 Å². The molecular formula is C15H24N6. The SMILES string of the molecule is CNc1cn2ccnc2c(NCCN(C)C2CCCC2)n1. The summed E-state index contributed by atoms with van der Waals surface area (Å²) in [6.45, 7) is 1.92. The van der Waals surface area contributed by atoms with Gasteiger partial charge in [0.15, 0.2) is 11.5 Å². The lowest BCUT2D eigenvalue weighted by Gasteiger charge is -2.24. The minimum atomic E-state index is 0.759. The number of rotatable bonds is 6. The molecule has 0 aliphatic heterocycles. The smallest absolute Gasteiger partial charge is 0.180 e. The second-order valence-corrected chi connectivity index (χ2v) is 5.73. The van der Waals surface area contributed by atoms with Gasteiger partial charge in [0.25, 0.3) is 0 Å². The van der Waals surface area contributed by atoms with Crippen molar-refractivity contribution in [2.75, 3.05) is 37.8 Å². The van der Waals surface area contributed by atoms with Gasteiger partial charge in [-0.15, -0.1) is 0 Å². The maximum atomic E-state index is 4.56. The number of hydrogen-bond acceptors (Lipinski definition) is 5. The first-order valence-electron chi connectivity index (χ1n) is 7.73. The Morgan fingerprint density at radius 1 is 1.38 bits per heavy atom. The minimum absolute atomic E-state index is 0.759. The van der Waals surface area contributed by atoms with Crippen LogP contribution in [0.5, 0.6) is 0 Å². The Bertz CT molecular complexity index is 587. The molecule has 1 aliphatic rings. The van der Waals surface area contributed by atoms with Gasteiger partial charge in [0.05, 0.1) is 6.20 Å². The van der Waals surface area contributed by atoms with Crippen molar-refractivity contribution in [3.8, 4) is 0 Å². The van der Waals surface area contributed by atoms with E-state index in [-0.39, 0.29) is 0 Å². The van der Waals surface area contributed by atoms with Crippen molar-refractivity contribution in [2.45, 2.75) is 31.7 Å². The number of imidazole rings is 1. The summed E-state index contributed by atoms with van der Waals surface area (Å²) in [5, 5.41) is 6.51. The maximum absolute atomic E-state index is 4.56. The first-order valence-corrected chi connectivity index (χ1v) is 7.73. The van der Waals surface area contributed by atoms with Crippen molar-refractivity contribution in [1.29, 1.82) is 0 Å². The number of anilines is 2. The molecule has 0 saturated heterocycles. The number of nitrogens with zero attached hydrogens (tertiary/aromatic N) is 4. The summed E-state index contributed by atoms with van der Waals surface area (Å²) in [5.74, 6) is 1.68. The molecule has 0 atom stereocenters. The predicted molar refractivity (Wildman–Crippen MR) is 85.9 cm³/mol. The van der Waals surface area contributed by atoms with Crippen molar-refractivity contribution in [1.82, 2.24) is 19.3 Å². The van der Waals surface area contributed by atoms with Crippen LogP contribution in [0, 0.1) is 0 Å². The van der Waals surface area contributed by atoms with Crippen LogP contribution in [0.2, 0.25) is 0 Å². The fourth-order valence-electron chi connectivity index (χ4n) is 3.05. The molecule has 6 nitrogen and oxygen atoms in total. The maximum Gasteiger partial charge on any atom is 0.180 e. The van der Waals surface area contributed by atoms with Gasteiger partial charge in [-0.25, -0.2) is 9.97 Å². The second-order valence-electron chi connectivity index (χ2n) is 5.73. The van der Waals surface area contributed by atoms with Gasteiger partial charge in [-0.3, -0.25) is 0 Å². The molecule has 0 unspecified atom stereocenters. The summed E-state index contributed by atoms with van der Waals surface area (Å²) in [4.78, 5) is 11.4. The Kier molecular flexibility index (Phi) is 4.24. The van der Waals surface area contributed by atoms with Crippen LogP contribution < -0.4 is 10.6 Å². The number of hydrogen-bond donors (Lipinski definition) is 2. The molecule has 0 aromatic carbocycles. The summed E-state index contributed by atoms with van der Waals surface area (Å²) in [6, 6.07) is 0.759. The average molecular weight is 288 g/mol. The molecule has 3 rings (SSSR count). The Morgan fingerprint density at radius 3 is 2.95 bits per heavy atom. The van der Waals surface area contributed by atoms with E-state index in [1.54, 1.807) is 6.20 Å². The summed E-state index contributed by atoms with van der Waals surface area (Å²) < 4.78 is 1.99. The molecule has 2 aromatic heterocycles. The molecular weight excluding hydrogens is 264 g/mol. The number of nitrogens with one attached hydrogen (secondary N) is 2. The normalized spacial score (nSPS) is 16.0. The van der Waals surface area contributed by atoms with Crippen LogP contribution in [0.15, 0.2) is 18.6 Å². The Hall–Kier alpha value is -1.82. The lowest BCUT2D eigenvalue weighted by molar-refractivity contribution is 0.254. The van der Waals surface area contributed by atoms with Gasteiger partial charge in [0, 0.05) is 38.6 Å². The largest absolute Gasteiger partial charge is 0.372 e. The zero-order chi connectivity index (χ0) is 14.7. The van der Waals surface area contributed by atoms with Crippen LogP contribution in [0.3, 0.4) is 0 Å². The van der Waals surface area contributed by atoms with Gasteiger partial charge in [-0.05, 0) is 19.9 Å². The van der Waals surface area contributed by atoms with Crippen LogP contribution in [-0.2, 0) is 0 Å². The van der Waals surface area contributed by atoms with Gasteiger partial charge < -0.3 is 19.9 Å². The van der Waals surface area contributed by atoms with Crippen LogP contribution in [0.4, 0.5) is 11.6 Å². The lowest BCUT2D eigenvalue weighted by Crippen LogP contribution is -2.33. The Balaban J connectivity index is 1.63. The number of aromatic nitrogens is 3. The zero-order valence-electron chi connectivity index (χ0n) is 12.8. The summed E-state index contributed by atoms with van der Waals surface area (Å²) in [6.07, 6.45) is 11.1. The standard InChI is InChI=1S/C15H24N6/c1-16-13-11-21-10-8-18-15(21)14(19-13)17-7-9-20(2)12-5-3-4-6-12/h8,10-12,16H,3-7,9H2,1-2H3,(H,17,19). The van der Waals surface area contributed by atoms with Crippen molar-refractivity contribution in [3.05, 3.63) is 18.6 Å². The predicted octanol–water partition coefficient (Wildman–Crippen LogP) is 2.06. The van der Waals surface area contributed by atoms with E-state index in [1.807, 2.05) is 23.8 Å². The van der Waals surface area contributed by atoms with E-state index in [1.165, 1.54) is 25.7 Å². The fourth-order valence-corrected chi connectivity index (χ4v) is 3.05. The van der Waals surface area contributed by atoms with Crippen molar-refractivity contribution in [3.63, 3.8) is 0 Å². The van der Waals surface area contributed by atoms with Crippen LogP contribution in [0.1, 0.15) is 25.7 Å². The zero-order valence-corrected chi connectivity index (χ0v) is 12.8. The second kappa shape index (κ2) is 6.30. The highest BCUT2D eigenvalue weighted by Crippen LogP contribution is 2.22. The van der Waals surface area contributed by atoms with E-state index < -0.39 is 0 Å². The third-order valence-corrected chi connectivity index (χ3v) is 4.34. The first kappa shape index (κ1) is 14.1. The van der Waals surface area contributed by atoms with Gasteiger partial charge in [-0.2, -0.15) is 0 Å². The third-order valence-electron chi connectivity index (χ3n) is 4.34. The van der Waals surface area contributed by atoms with E-state index in [9.17, 15) is 0 Å². The molecule has 2 N–H and O–H groups in total. The Labute approximate surface area is 125 Å². The molecule has 1 aliphatic carbocycles. The first-order chi connectivity index (χ1) is 10.3. The highest BCUT2D eigenvalue weighted by molar-refractivity contribution is 5.65. The summed E-state index contributed by atoms with van der Waals surface area (Å²) in [7, 11) is 4.10. The molecule has 0 radical (unpaired) electrons. The van der Waals surface area contributed by atoms with Crippen LogP contribution in [-0.4, -0.2) is 52.5 Å². The molecule has 1 saturated carbocycles. The molecule has 0 spiro atoms. The quantitative estimate of drug-likeness (QED) is 0.852. The van der Waals surface area contributed by atoms with Crippen LogP contribution >= 0.6 is 0 Å². The molecule has 1 fully saturated rings. The minimum Gasteiger partial charge on any atom is -0.372 e. The van der Waals surface area contributed by atoms with Crippen molar-refractivity contribution >= 4 is 17.3 Å². The molecule has 6 heteroatoms. The lowest BCUT2D eigenvalue weighted by atomic mass is 10.2. The number of fused-ring (bicyclic) bond motifs is 1. The average Bonchev–Trinajstić information content (AvgIpc) is 3.17. The van der Waals surface area contributed by atoms with E-state index in [0.29, 0.717) is 0 Å². The van der Waals surface area contributed by atoms with Crippen LogP contribution in [0.25, 0.3) is 5.65 Å². The highest BCUT2D eigenvalue weighted by atomic mass is 15.2. The monoisotopic (exact) mass is 288 g/mol. The van der Waals surface area contributed by atoms with E-state index in [0.717, 1.165) is 36.4 Å². The molecule has 2 aromatic rings. The molecule has 0 amide bonds. The Morgan fingerprint density at radius 2 is 2.19 bits per heavy atom.